The van der Waals surface area contributed by atoms with Gasteiger partial charge in [0.25, 0.3) is 5.91 Å². The van der Waals surface area contributed by atoms with Crippen LogP contribution < -0.4 is 0 Å². The van der Waals surface area contributed by atoms with Crippen molar-refractivity contribution in [2.45, 2.75) is 31.8 Å². The van der Waals surface area contributed by atoms with Gasteiger partial charge in [-0.2, -0.15) is 0 Å². The fraction of sp³-hybridized carbons (Fsp3) is 0.381. The Hall–Kier alpha value is -2.73. The number of ether oxygens (including phenoxy) is 1. The molecule has 6 nitrogen and oxygen atoms in total. The minimum absolute atomic E-state index is 0.0509. The van der Waals surface area contributed by atoms with E-state index in [1.807, 2.05) is 11.8 Å². The first-order valence-corrected chi connectivity index (χ1v) is 9.48. The minimum Gasteiger partial charge on any atom is -0.368 e. The van der Waals surface area contributed by atoms with Gasteiger partial charge in [-0.1, -0.05) is 18.2 Å². The van der Waals surface area contributed by atoms with Gasteiger partial charge in [0.2, 0.25) is 0 Å². The van der Waals surface area contributed by atoms with E-state index in [4.69, 9.17) is 4.74 Å². The van der Waals surface area contributed by atoms with Gasteiger partial charge < -0.3 is 14.6 Å². The Morgan fingerprint density at radius 2 is 2.00 bits per heavy atom. The van der Waals surface area contributed by atoms with E-state index in [9.17, 15) is 4.79 Å². The first-order chi connectivity index (χ1) is 13.2. The second kappa shape index (κ2) is 6.16. The van der Waals surface area contributed by atoms with E-state index >= 15 is 0 Å². The minimum atomic E-state index is -0.317. The first kappa shape index (κ1) is 16.4. The van der Waals surface area contributed by atoms with Crippen LogP contribution in [0.3, 0.4) is 0 Å². The van der Waals surface area contributed by atoms with Crippen molar-refractivity contribution < 1.29 is 9.53 Å². The molecule has 138 valence electrons. The lowest BCUT2D eigenvalue weighted by Gasteiger charge is -2.43. The smallest absolute Gasteiger partial charge is 0.274 e. The molecule has 1 amide bonds. The molecule has 2 aliphatic heterocycles. The van der Waals surface area contributed by atoms with Crippen molar-refractivity contribution in [1.82, 2.24) is 19.9 Å². The lowest BCUT2D eigenvalue weighted by atomic mass is 9.83. The predicted molar refractivity (Wildman–Crippen MR) is 102 cm³/mol. The van der Waals surface area contributed by atoms with Crippen molar-refractivity contribution in [2.75, 3.05) is 19.7 Å². The fourth-order valence-electron chi connectivity index (χ4n) is 4.40. The summed E-state index contributed by atoms with van der Waals surface area (Å²) in [7, 11) is 0. The van der Waals surface area contributed by atoms with Crippen LogP contribution in [0, 0.1) is 6.92 Å². The summed E-state index contributed by atoms with van der Waals surface area (Å²) in [5, 5.41) is 1.30. The van der Waals surface area contributed by atoms with Crippen LogP contribution in [0.2, 0.25) is 0 Å². The van der Waals surface area contributed by atoms with Crippen molar-refractivity contribution in [2.24, 2.45) is 0 Å². The second-order valence-corrected chi connectivity index (χ2v) is 7.45. The van der Waals surface area contributed by atoms with Crippen LogP contribution in [-0.4, -0.2) is 45.5 Å². The maximum atomic E-state index is 12.7. The maximum Gasteiger partial charge on any atom is 0.274 e. The molecule has 0 radical (unpaired) electrons. The Bertz CT molecular complexity index is 1000. The van der Waals surface area contributed by atoms with Gasteiger partial charge in [0.05, 0.1) is 24.2 Å². The Labute approximate surface area is 157 Å². The van der Waals surface area contributed by atoms with Crippen LogP contribution in [0.1, 0.15) is 40.3 Å². The van der Waals surface area contributed by atoms with Gasteiger partial charge in [-0.25, -0.2) is 4.98 Å². The SMILES string of the molecule is Cc1cnc(C(=O)N2CCC3(CC2)OCCc2c3[nH]c3ccccc23)cn1. The molecule has 1 aromatic carbocycles. The average molecular weight is 362 g/mol. The number of aryl methyl sites for hydroxylation is 1. The molecule has 5 rings (SSSR count). The normalized spacial score (nSPS) is 18.6. The number of amides is 1. The lowest BCUT2D eigenvalue weighted by molar-refractivity contribution is -0.0957. The molecular formula is C21H22N4O2. The monoisotopic (exact) mass is 362 g/mol. The number of H-pyrrole nitrogens is 1. The third-order valence-corrected chi connectivity index (χ3v) is 5.86. The van der Waals surface area contributed by atoms with Crippen LogP contribution in [0.4, 0.5) is 0 Å². The highest BCUT2D eigenvalue weighted by Gasteiger charge is 2.43. The summed E-state index contributed by atoms with van der Waals surface area (Å²) in [6.45, 7) is 3.91. The van der Waals surface area contributed by atoms with Crippen LogP contribution in [0.5, 0.6) is 0 Å². The van der Waals surface area contributed by atoms with Gasteiger partial charge in [0, 0.05) is 30.2 Å². The molecule has 1 spiro atoms. The number of para-hydroxylation sites is 1. The topological polar surface area (TPSA) is 71.1 Å². The molecule has 0 atom stereocenters. The molecule has 1 saturated heterocycles. The summed E-state index contributed by atoms with van der Waals surface area (Å²) in [5.41, 5.74) is 4.65. The molecule has 27 heavy (non-hydrogen) atoms. The number of carbonyl (C=O) groups is 1. The molecule has 3 aromatic rings. The molecular weight excluding hydrogens is 340 g/mol. The fourth-order valence-corrected chi connectivity index (χ4v) is 4.40. The van der Waals surface area contributed by atoms with Gasteiger partial charge >= 0.3 is 0 Å². The largest absolute Gasteiger partial charge is 0.368 e. The number of hydrogen-bond donors (Lipinski definition) is 1. The lowest BCUT2D eigenvalue weighted by Crippen LogP contribution is -2.48. The van der Waals surface area contributed by atoms with Crippen LogP contribution in [0.25, 0.3) is 10.9 Å². The number of carbonyl (C=O) groups excluding carboxylic acids is 1. The van der Waals surface area contributed by atoms with Gasteiger partial charge in [-0.05, 0) is 37.8 Å². The summed E-state index contributed by atoms with van der Waals surface area (Å²) in [6, 6.07) is 8.44. The summed E-state index contributed by atoms with van der Waals surface area (Å²) in [4.78, 5) is 26.6. The number of hydrogen-bond acceptors (Lipinski definition) is 4. The number of benzene rings is 1. The molecule has 4 heterocycles. The van der Waals surface area contributed by atoms with E-state index < -0.39 is 0 Å². The number of aromatic nitrogens is 3. The third-order valence-electron chi connectivity index (χ3n) is 5.86. The number of fused-ring (bicyclic) bond motifs is 4. The van der Waals surface area contributed by atoms with E-state index in [1.54, 1.807) is 12.4 Å². The van der Waals surface area contributed by atoms with Gasteiger partial charge in [0.1, 0.15) is 11.3 Å². The Morgan fingerprint density at radius 1 is 1.19 bits per heavy atom. The zero-order valence-electron chi connectivity index (χ0n) is 15.4. The van der Waals surface area contributed by atoms with E-state index in [1.165, 1.54) is 22.2 Å². The summed E-state index contributed by atoms with van der Waals surface area (Å²) >= 11 is 0. The molecule has 1 fully saturated rings. The molecule has 0 bridgehead atoms. The summed E-state index contributed by atoms with van der Waals surface area (Å²) in [5.74, 6) is -0.0509. The van der Waals surface area contributed by atoms with Crippen molar-refractivity contribution in [3.63, 3.8) is 0 Å². The zero-order chi connectivity index (χ0) is 18.4. The summed E-state index contributed by atoms with van der Waals surface area (Å²) < 4.78 is 6.31. The van der Waals surface area contributed by atoms with Gasteiger partial charge in [-0.15, -0.1) is 0 Å². The zero-order valence-corrected chi connectivity index (χ0v) is 15.4. The van der Waals surface area contributed by atoms with Crippen molar-refractivity contribution in [1.29, 1.82) is 0 Å². The number of nitrogens with zero attached hydrogens (tertiary/aromatic N) is 3. The van der Waals surface area contributed by atoms with Crippen molar-refractivity contribution in [3.8, 4) is 0 Å². The van der Waals surface area contributed by atoms with Crippen LogP contribution in [-0.2, 0) is 16.8 Å². The number of piperidine rings is 1. The van der Waals surface area contributed by atoms with Gasteiger partial charge in [0.15, 0.2) is 0 Å². The van der Waals surface area contributed by atoms with Crippen LogP contribution in [0.15, 0.2) is 36.7 Å². The Balaban J connectivity index is 1.40. The second-order valence-electron chi connectivity index (χ2n) is 7.45. The molecule has 0 saturated carbocycles. The van der Waals surface area contributed by atoms with E-state index in [0.29, 0.717) is 18.8 Å². The standard InChI is InChI=1S/C21H22N4O2/c1-14-12-23-18(13-22-14)20(26)25-9-7-21(8-10-25)19-16(6-11-27-21)15-4-2-3-5-17(15)24-19/h2-5,12-13,24H,6-11H2,1H3. The number of nitrogens with one attached hydrogen (secondary N) is 1. The summed E-state index contributed by atoms with van der Waals surface area (Å²) in [6.07, 6.45) is 5.72. The molecule has 0 aliphatic carbocycles. The third kappa shape index (κ3) is 2.63. The predicted octanol–water partition coefficient (Wildman–Crippen LogP) is 2.97. The van der Waals surface area contributed by atoms with E-state index in [0.717, 1.165) is 31.6 Å². The Morgan fingerprint density at radius 3 is 2.78 bits per heavy atom. The highest BCUT2D eigenvalue weighted by atomic mass is 16.5. The number of aromatic amines is 1. The number of likely N-dealkylation sites (tertiary alicyclic amines) is 1. The van der Waals surface area contributed by atoms with Crippen molar-refractivity contribution in [3.05, 3.63) is 59.3 Å². The number of rotatable bonds is 1. The van der Waals surface area contributed by atoms with E-state index in [-0.39, 0.29) is 11.5 Å². The van der Waals surface area contributed by atoms with Gasteiger partial charge in [-0.3, -0.25) is 9.78 Å². The average Bonchev–Trinajstić information content (AvgIpc) is 3.09. The quantitative estimate of drug-likeness (QED) is 0.722. The molecule has 1 N–H and O–H groups in total. The molecule has 6 heteroatoms. The molecule has 0 unspecified atom stereocenters. The highest BCUT2D eigenvalue weighted by molar-refractivity contribution is 5.92. The molecule has 2 aromatic heterocycles. The Kier molecular flexibility index (Phi) is 3.75. The van der Waals surface area contributed by atoms with E-state index in [2.05, 4.69) is 39.2 Å². The van der Waals surface area contributed by atoms with Crippen LogP contribution >= 0.6 is 0 Å². The first-order valence-electron chi connectivity index (χ1n) is 9.48. The maximum absolute atomic E-state index is 12.7. The van der Waals surface area contributed by atoms with Crippen molar-refractivity contribution >= 4 is 16.8 Å². The highest BCUT2D eigenvalue weighted by Crippen LogP contribution is 2.43. The molecule has 2 aliphatic rings.